The molecule has 0 amide bonds. The quantitative estimate of drug-likeness (QED) is 0.160. The number of benzene rings is 9. The summed E-state index contributed by atoms with van der Waals surface area (Å²) in [5.41, 5.74) is 8.74. The smallest absolute Gasteiger partial charge is 0.172 e. The van der Waals surface area contributed by atoms with Gasteiger partial charge in [-0.05, 0) is 114 Å². The van der Waals surface area contributed by atoms with E-state index in [2.05, 4.69) is 180 Å². The van der Waals surface area contributed by atoms with Gasteiger partial charge in [-0.25, -0.2) is 0 Å². The second-order valence-corrected chi connectivity index (χ2v) is 17.1. The second kappa shape index (κ2) is 14.2. The maximum Gasteiger partial charge on any atom is 0.172 e. The van der Waals surface area contributed by atoms with Crippen molar-refractivity contribution in [1.82, 2.24) is 0 Å². The minimum absolute atomic E-state index is 0.682. The average Bonchev–Trinajstić information content (AvgIpc) is 3.87. The van der Waals surface area contributed by atoms with E-state index in [4.69, 9.17) is 9.47 Å². The Hall–Kier alpha value is -7.38. The minimum Gasteiger partial charge on any atom is -0.450 e. The average molecular weight is 807 g/mol. The van der Waals surface area contributed by atoms with Gasteiger partial charge in [-0.1, -0.05) is 97.1 Å². The lowest BCUT2D eigenvalue weighted by Gasteiger charge is -2.28. The Morgan fingerprint density at radius 1 is 0.300 bits per heavy atom. The molecule has 0 atom stereocenters. The van der Waals surface area contributed by atoms with E-state index in [1.165, 1.54) is 45.9 Å². The summed E-state index contributed by atoms with van der Waals surface area (Å²) in [5, 5.41) is 5.11. The molecule has 3 heterocycles. The van der Waals surface area contributed by atoms with Gasteiger partial charge in [-0.15, -0.1) is 22.7 Å². The fourth-order valence-corrected chi connectivity index (χ4v) is 10.8. The zero-order valence-corrected chi connectivity index (χ0v) is 33.8. The Kier molecular flexibility index (Phi) is 8.18. The van der Waals surface area contributed by atoms with Gasteiger partial charge in [0.15, 0.2) is 23.0 Å². The molecule has 1 aliphatic rings. The first kappa shape index (κ1) is 34.6. The van der Waals surface area contributed by atoms with Crippen molar-refractivity contribution in [3.63, 3.8) is 0 Å². The standard InChI is InChI=1S/C54H34N2O2S2/c1-3-13-36(14-4-1)55(40-27-29-48-49(33-40)58-47-20-10-9-19-46(47)57-48)38-25-23-35(24-26-38)44-32-41(34-53-54(44)43-18-8-12-22-51(43)60-53)56(37-15-5-2-6-16-37)39-28-30-52-45(31-39)42-17-7-11-21-50(42)59-52/h1-34H. The van der Waals surface area contributed by atoms with Crippen molar-refractivity contribution in [2.75, 3.05) is 9.80 Å². The molecule has 11 aromatic rings. The minimum atomic E-state index is 0.682. The molecule has 0 aliphatic carbocycles. The predicted octanol–water partition coefficient (Wildman–Crippen LogP) is 16.9. The highest BCUT2D eigenvalue weighted by Crippen LogP contribution is 2.50. The van der Waals surface area contributed by atoms with Crippen LogP contribution < -0.4 is 19.3 Å². The number of anilines is 6. The summed E-state index contributed by atoms with van der Waals surface area (Å²) in [6, 6.07) is 73.3. The van der Waals surface area contributed by atoms with Gasteiger partial charge in [0.1, 0.15) is 0 Å². The molecule has 12 rings (SSSR count). The maximum atomic E-state index is 6.36. The third-order valence-electron chi connectivity index (χ3n) is 11.3. The van der Waals surface area contributed by atoms with Crippen molar-refractivity contribution < 1.29 is 9.47 Å². The van der Waals surface area contributed by atoms with Crippen molar-refractivity contribution in [3.8, 4) is 34.1 Å². The van der Waals surface area contributed by atoms with Crippen LogP contribution in [0.25, 0.3) is 51.5 Å². The molecule has 0 saturated heterocycles. The van der Waals surface area contributed by atoms with Crippen molar-refractivity contribution >= 4 is 97.1 Å². The second-order valence-electron chi connectivity index (χ2n) is 14.9. The number of ether oxygens (including phenoxy) is 2. The summed E-state index contributed by atoms with van der Waals surface area (Å²) in [6.45, 7) is 0. The van der Waals surface area contributed by atoms with Crippen LogP contribution in [0.5, 0.6) is 23.0 Å². The number of fused-ring (bicyclic) bond motifs is 8. The summed E-state index contributed by atoms with van der Waals surface area (Å²) >= 11 is 3.70. The highest BCUT2D eigenvalue weighted by Gasteiger charge is 2.23. The lowest BCUT2D eigenvalue weighted by atomic mass is 9.97. The molecule has 0 radical (unpaired) electrons. The molecule has 1 aliphatic heterocycles. The zero-order chi connectivity index (χ0) is 39.6. The number of hydrogen-bond donors (Lipinski definition) is 0. The Morgan fingerprint density at radius 2 is 0.800 bits per heavy atom. The summed E-state index contributed by atoms with van der Waals surface area (Å²) < 4.78 is 17.7. The first-order valence-electron chi connectivity index (χ1n) is 20.0. The summed E-state index contributed by atoms with van der Waals surface area (Å²) in [5.74, 6) is 2.80. The molecule has 9 aromatic carbocycles. The van der Waals surface area contributed by atoms with Crippen LogP contribution in [-0.4, -0.2) is 0 Å². The van der Waals surface area contributed by atoms with Crippen LogP contribution in [0.1, 0.15) is 0 Å². The molecule has 60 heavy (non-hydrogen) atoms. The first-order chi connectivity index (χ1) is 29.7. The molecule has 2 aromatic heterocycles. The summed E-state index contributed by atoms with van der Waals surface area (Å²) in [4.78, 5) is 4.67. The molecular weight excluding hydrogens is 773 g/mol. The molecule has 0 bridgehead atoms. The molecule has 6 heteroatoms. The molecule has 0 N–H and O–H groups in total. The Balaban J connectivity index is 1.01. The third kappa shape index (κ3) is 5.88. The number of para-hydroxylation sites is 4. The highest BCUT2D eigenvalue weighted by molar-refractivity contribution is 7.26. The van der Waals surface area contributed by atoms with Gasteiger partial charge in [0.2, 0.25) is 0 Å². The van der Waals surface area contributed by atoms with E-state index in [0.717, 1.165) is 39.7 Å². The third-order valence-corrected chi connectivity index (χ3v) is 13.5. The zero-order valence-electron chi connectivity index (χ0n) is 32.2. The fourth-order valence-electron chi connectivity index (χ4n) is 8.54. The van der Waals surface area contributed by atoms with Crippen LogP contribution >= 0.6 is 22.7 Å². The van der Waals surface area contributed by atoms with Gasteiger partial charge < -0.3 is 19.3 Å². The van der Waals surface area contributed by atoms with Crippen molar-refractivity contribution in [3.05, 3.63) is 206 Å². The SMILES string of the molecule is c1ccc(N(c2ccc(-c3cc(N(c4ccccc4)c4ccc5sc6ccccc6c5c4)cc4sc5ccccc5c34)cc2)c2ccc3c(c2)Oc2ccccc2O3)cc1. The van der Waals surface area contributed by atoms with Crippen molar-refractivity contribution in [2.45, 2.75) is 0 Å². The van der Waals surface area contributed by atoms with E-state index >= 15 is 0 Å². The molecule has 0 saturated carbocycles. The van der Waals surface area contributed by atoms with E-state index in [0.29, 0.717) is 23.0 Å². The van der Waals surface area contributed by atoms with Gasteiger partial charge in [0.25, 0.3) is 0 Å². The van der Waals surface area contributed by atoms with Gasteiger partial charge in [0, 0.05) is 74.8 Å². The number of thiophene rings is 2. The molecule has 0 spiro atoms. The van der Waals surface area contributed by atoms with Gasteiger partial charge in [-0.2, -0.15) is 0 Å². The monoisotopic (exact) mass is 806 g/mol. The molecule has 4 nitrogen and oxygen atoms in total. The maximum absolute atomic E-state index is 6.36. The van der Waals surface area contributed by atoms with E-state index in [-0.39, 0.29) is 0 Å². The van der Waals surface area contributed by atoms with E-state index < -0.39 is 0 Å². The van der Waals surface area contributed by atoms with E-state index in [9.17, 15) is 0 Å². The fraction of sp³-hybridized carbons (Fsp3) is 0. The Labute approximate surface area is 355 Å². The normalized spacial score (nSPS) is 11.9. The lowest BCUT2D eigenvalue weighted by molar-refractivity contribution is 0.360. The first-order valence-corrected chi connectivity index (χ1v) is 21.6. The number of nitrogens with zero attached hydrogens (tertiary/aromatic N) is 2. The molecule has 0 unspecified atom stereocenters. The van der Waals surface area contributed by atoms with Crippen LogP contribution in [0, 0.1) is 0 Å². The Morgan fingerprint density at radius 3 is 1.53 bits per heavy atom. The molecule has 284 valence electrons. The van der Waals surface area contributed by atoms with E-state index in [1.54, 1.807) is 0 Å². The van der Waals surface area contributed by atoms with Crippen molar-refractivity contribution in [1.29, 1.82) is 0 Å². The van der Waals surface area contributed by atoms with Crippen LogP contribution in [0.3, 0.4) is 0 Å². The van der Waals surface area contributed by atoms with Crippen LogP contribution in [0.2, 0.25) is 0 Å². The summed E-state index contributed by atoms with van der Waals surface area (Å²) in [6.07, 6.45) is 0. The molecular formula is C54H34N2O2S2. The lowest BCUT2D eigenvalue weighted by Crippen LogP contribution is -2.10. The van der Waals surface area contributed by atoms with Gasteiger partial charge in [-0.3, -0.25) is 0 Å². The highest BCUT2D eigenvalue weighted by atomic mass is 32.1. The van der Waals surface area contributed by atoms with Crippen LogP contribution in [-0.2, 0) is 0 Å². The van der Waals surface area contributed by atoms with Crippen LogP contribution in [0.15, 0.2) is 206 Å². The Bertz CT molecular complexity index is 3390. The topological polar surface area (TPSA) is 24.9 Å². The number of hydrogen-bond acceptors (Lipinski definition) is 6. The van der Waals surface area contributed by atoms with Gasteiger partial charge >= 0.3 is 0 Å². The molecule has 0 fully saturated rings. The largest absolute Gasteiger partial charge is 0.450 e. The summed E-state index contributed by atoms with van der Waals surface area (Å²) in [7, 11) is 0. The number of rotatable bonds is 7. The van der Waals surface area contributed by atoms with Crippen LogP contribution in [0.4, 0.5) is 34.1 Å². The van der Waals surface area contributed by atoms with Gasteiger partial charge in [0.05, 0.1) is 5.69 Å². The van der Waals surface area contributed by atoms with Crippen molar-refractivity contribution in [2.24, 2.45) is 0 Å². The van der Waals surface area contributed by atoms with E-state index in [1.807, 2.05) is 59.1 Å². The predicted molar refractivity (Wildman–Crippen MR) is 254 cm³/mol.